The smallest absolute Gasteiger partial charge is 0.349 e. The Morgan fingerprint density at radius 2 is 2.16 bits per heavy atom. The number of hydrogen-bond donors (Lipinski definition) is 1. The highest BCUT2D eigenvalue weighted by Crippen LogP contribution is 2.24. The molecule has 0 amide bonds. The second-order valence-electron chi connectivity index (χ2n) is 3.77. The Balaban J connectivity index is 2.72. The Bertz CT molecular complexity index is 423. The second-order valence-corrected chi connectivity index (χ2v) is 3.77. The Morgan fingerprint density at radius 1 is 1.47 bits per heavy atom. The summed E-state index contributed by atoms with van der Waals surface area (Å²) in [6, 6.07) is 0. The Kier molecular flexibility index (Phi) is 5.94. The monoisotopic (exact) mass is 269 g/mol. The number of nitrogens with zero attached hydrogens (tertiary/aromatic N) is 4. The summed E-state index contributed by atoms with van der Waals surface area (Å²) < 4.78 is 5.40. The van der Waals surface area contributed by atoms with Gasteiger partial charge in [0.15, 0.2) is 0 Å². The van der Waals surface area contributed by atoms with Crippen LogP contribution in [-0.2, 0) is 0 Å². The highest BCUT2D eigenvalue weighted by atomic mass is 16.6. The first-order chi connectivity index (χ1) is 9.12. The van der Waals surface area contributed by atoms with Gasteiger partial charge >= 0.3 is 5.69 Å². The number of likely N-dealkylation sites (N-methyl/N-ethyl adjacent to an activating group) is 1. The molecule has 1 aromatic rings. The molecule has 0 spiro atoms. The van der Waals surface area contributed by atoms with Crippen LogP contribution in [-0.4, -0.2) is 53.1 Å². The number of aromatic nitrogens is 2. The summed E-state index contributed by atoms with van der Waals surface area (Å²) in [6.45, 7) is 6.97. The van der Waals surface area contributed by atoms with E-state index in [1.54, 1.807) is 7.05 Å². The van der Waals surface area contributed by atoms with Gasteiger partial charge in [0.1, 0.15) is 12.8 Å². The molecule has 0 radical (unpaired) electrons. The molecule has 0 atom stereocenters. The van der Waals surface area contributed by atoms with Gasteiger partial charge in [-0.15, -0.1) is 0 Å². The highest BCUT2D eigenvalue weighted by molar-refractivity contribution is 5.42. The Hall–Kier alpha value is -1.96. The maximum absolute atomic E-state index is 10.8. The predicted octanol–water partition coefficient (Wildman–Crippen LogP) is 1.15. The number of nitro groups is 1. The SMILES string of the molecule is CCN(CC)CCOc1nc(NC)ncc1[N+](=O)[O-]. The van der Waals surface area contributed by atoms with E-state index in [-0.39, 0.29) is 11.6 Å². The molecule has 0 aliphatic heterocycles. The van der Waals surface area contributed by atoms with Crippen LogP contribution in [0, 0.1) is 10.1 Å². The van der Waals surface area contributed by atoms with Crippen molar-refractivity contribution >= 4 is 11.6 Å². The van der Waals surface area contributed by atoms with Gasteiger partial charge in [0.05, 0.1) is 4.92 Å². The maximum Gasteiger partial charge on any atom is 0.349 e. The molecule has 0 aliphatic rings. The zero-order valence-electron chi connectivity index (χ0n) is 11.4. The number of ether oxygens (including phenoxy) is 1. The van der Waals surface area contributed by atoms with Crippen LogP contribution < -0.4 is 10.1 Å². The molecule has 1 N–H and O–H groups in total. The van der Waals surface area contributed by atoms with Gasteiger partial charge in [0.25, 0.3) is 5.88 Å². The lowest BCUT2D eigenvalue weighted by Gasteiger charge is -2.17. The molecule has 1 rings (SSSR count). The summed E-state index contributed by atoms with van der Waals surface area (Å²) in [5.41, 5.74) is -0.224. The molecule has 8 nitrogen and oxygen atoms in total. The largest absolute Gasteiger partial charge is 0.471 e. The van der Waals surface area contributed by atoms with Gasteiger partial charge in [-0.05, 0) is 13.1 Å². The molecule has 0 unspecified atom stereocenters. The molecular weight excluding hydrogens is 250 g/mol. The van der Waals surface area contributed by atoms with Crippen molar-refractivity contribution < 1.29 is 9.66 Å². The normalized spacial score (nSPS) is 10.5. The van der Waals surface area contributed by atoms with Crippen LogP contribution in [0.3, 0.4) is 0 Å². The van der Waals surface area contributed by atoms with E-state index in [2.05, 4.69) is 34.0 Å². The van der Waals surface area contributed by atoms with Crippen LogP contribution in [0.25, 0.3) is 0 Å². The fraction of sp³-hybridized carbons (Fsp3) is 0.636. The summed E-state index contributed by atoms with van der Waals surface area (Å²) in [5, 5.41) is 13.6. The topological polar surface area (TPSA) is 93.4 Å². The number of anilines is 1. The molecule has 1 heterocycles. The first-order valence-corrected chi connectivity index (χ1v) is 6.16. The molecule has 0 fully saturated rings. The van der Waals surface area contributed by atoms with Crippen LogP contribution in [0.2, 0.25) is 0 Å². The first-order valence-electron chi connectivity index (χ1n) is 6.16. The Labute approximate surface area is 112 Å². The van der Waals surface area contributed by atoms with Crippen LogP contribution >= 0.6 is 0 Å². The highest BCUT2D eigenvalue weighted by Gasteiger charge is 2.18. The van der Waals surface area contributed by atoms with Crippen molar-refractivity contribution in [3.63, 3.8) is 0 Å². The standard InChI is InChI=1S/C11H19N5O3/c1-4-15(5-2)6-7-19-10-9(16(17)18)8-13-11(12-3)14-10/h8H,4-7H2,1-3H3,(H,12,13,14). The van der Waals surface area contributed by atoms with Gasteiger partial charge in [-0.3, -0.25) is 10.1 Å². The summed E-state index contributed by atoms with van der Waals surface area (Å²) in [5.74, 6) is 0.292. The van der Waals surface area contributed by atoms with E-state index in [0.717, 1.165) is 19.3 Å². The van der Waals surface area contributed by atoms with E-state index >= 15 is 0 Å². The molecule has 0 aromatic carbocycles. The molecule has 1 aromatic heterocycles. The minimum absolute atomic E-state index is 0.00324. The lowest BCUT2D eigenvalue weighted by atomic mass is 10.5. The lowest BCUT2D eigenvalue weighted by Crippen LogP contribution is -2.28. The van der Waals surface area contributed by atoms with Crippen LogP contribution in [0.5, 0.6) is 5.88 Å². The summed E-state index contributed by atoms with van der Waals surface area (Å²) in [7, 11) is 1.64. The second kappa shape index (κ2) is 7.47. The molecule has 0 saturated carbocycles. The number of hydrogen-bond acceptors (Lipinski definition) is 7. The lowest BCUT2D eigenvalue weighted by molar-refractivity contribution is -0.386. The average molecular weight is 269 g/mol. The van der Waals surface area contributed by atoms with Gasteiger partial charge in [-0.2, -0.15) is 4.98 Å². The van der Waals surface area contributed by atoms with E-state index < -0.39 is 4.92 Å². The number of nitrogens with one attached hydrogen (secondary N) is 1. The molecule has 19 heavy (non-hydrogen) atoms. The predicted molar refractivity (Wildman–Crippen MR) is 71.5 cm³/mol. The third-order valence-electron chi connectivity index (χ3n) is 2.70. The minimum Gasteiger partial charge on any atom is -0.471 e. The average Bonchev–Trinajstić information content (AvgIpc) is 2.43. The van der Waals surface area contributed by atoms with E-state index in [1.807, 2.05) is 0 Å². The summed E-state index contributed by atoms with van der Waals surface area (Å²) >= 11 is 0. The third kappa shape index (κ3) is 4.32. The quantitative estimate of drug-likeness (QED) is 0.558. The summed E-state index contributed by atoms with van der Waals surface area (Å²) in [4.78, 5) is 20.2. The third-order valence-corrected chi connectivity index (χ3v) is 2.70. The zero-order chi connectivity index (χ0) is 14.3. The van der Waals surface area contributed by atoms with Crippen molar-refractivity contribution in [2.45, 2.75) is 13.8 Å². The van der Waals surface area contributed by atoms with Gasteiger partial charge in [0, 0.05) is 13.6 Å². The summed E-state index contributed by atoms with van der Waals surface area (Å²) in [6.07, 6.45) is 1.14. The molecule has 0 aliphatic carbocycles. The van der Waals surface area contributed by atoms with Crippen LogP contribution in [0.15, 0.2) is 6.20 Å². The van der Waals surface area contributed by atoms with Gasteiger partial charge in [-0.1, -0.05) is 13.8 Å². The molecule has 8 heteroatoms. The van der Waals surface area contributed by atoms with Crippen LogP contribution in [0.1, 0.15) is 13.8 Å². The number of rotatable bonds is 8. The van der Waals surface area contributed by atoms with Crippen molar-refractivity contribution in [3.05, 3.63) is 16.3 Å². The van der Waals surface area contributed by atoms with Crippen molar-refractivity contribution in [2.24, 2.45) is 0 Å². The fourth-order valence-corrected chi connectivity index (χ4v) is 1.52. The minimum atomic E-state index is -0.549. The van der Waals surface area contributed by atoms with Crippen molar-refractivity contribution in [1.29, 1.82) is 0 Å². The van der Waals surface area contributed by atoms with E-state index in [1.165, 1.54) is 0 Å². The maximum atomic E-state index is 10.8. The first kappa shape index (κ1) is 15.1. The van der Waals surface area contributed by atoms with Gasteiger partial charge in [-0.25, -0.2) is 4.98 Å². The van der Waals surface area contributed by atoms with Crippen molar-refractivity contribution in [2.75, 3.05) is 38.6 Å². The molecule has 106 valence electrons. The Morgan fingerprint density at radius 3 is 2.68 bits per heavy atom. The van der Waals surface area contributed by atoms with Gasteiger partial charge < -0.3 is 15.0 Å². The van der Waals surface area contributed by atoms with Crippen LogP contribution in [0.4, 0.5) is 11.6 Å². The zero-order valence-corrected chi connectivity index (χ0v) is 11.4. The van der Waals surface area contributed by atoms with Gasteiger partial charge in [0.2, 0.25) is 5.95 Å². The van der Waals surface area contributed by atoms with Crippen molar-refractivity contribution in [3.8, 4) is 5.88 Å². The fourth-order valence-electron chi connectivity index (χ4n) is 1.52. The van der Waals surface area contributed by atoms with E-state index in [9.17, 15) is 10.1 Å². The van der Waals surface area contributed by atoms with Crippen molar-refractivity contribution in [1.82, 2.24) is 14.9 Å². The van der Waals surface area contributed by atoms with E-state index in [4.69, 9.17) is 4.74 Å². The van der Waals surface area contributed by atoms with E-state index in [0.29, 0.717) is 19.1 Å². The molecular formula is C11H19N5O3. The molecule has 0 saturated heterocycles. The molecule has 0 bridgehead atoms.